The number of imidazole rings is 1. The van der Waals surface area contributed by atoms with E-state index in [1.807, 2.05) is 22.6 Å². The van der Waals surface area contributed by atoms with Crippen molar-refractivity contribution in [3.8, 4) is 22.8 Å². The van der Waals surface area contributed by atoms with Crippen LogP contribution in [0.25, 0.3) is 16.2 Å². The average Bonchev–Trinajstić information content (AvgIpc) is 2.96. The van der Waals surface area contributed by atoms with Gasteiger partial charge in [0.2, 0.25) is 0 Å². The molecule has 0 atom stereocenters. The van der Waals surface area contributed by atoms with Gasteiger partial charge in [0.1, 0.15) is 24.7 Å². The molecule has 5 nitrogen and oxygen atoms in total. The van der Waals surface area contributed by atoms with E-state index in [1.54, 1.807) is 11.3 Å². The third kappa shape index (κ3) is 1.79. The van der Waals surface area contributed by atoms with E-state index in [9.17, 15) is 0 Å². The van der Waals surface area contributed by atoms with Crippen molar-refractivity contribution in [3.63, 3.8) is 0 Å². The zero-order valence-electron chi connectivity index (χ0n) is 11.8. The second-order valence-corrected chi connectivity index (χ2v) is 6.25. The van der Waals surface area contributed by atoms with Crippen molar-refractivity contribution < 1.29 is 9.47 Å². The minimum Gasteiger partial charge on any atom is -0.486 e. The molecule has 0 bridgehead atoms. The molecular formula is C15H15N3O2S. The highest BCUT2D eigenvalue weighted by Gasteiger charge is 2.19. The Kier molecular flexibility index (Phi) is 2.62. The van der Waals surface area contributed by atoms with Crippen molar-refractivity contribution in [1.29, 1.82) is 0 Å². The summed E-state index contributed by atoms with van der Waals surface area (Å²) >= 11 is 1.65. The standard InChI is InChI=1S/C15H15N3O2S/c1-8-9(2)21-15-17-13(14(16)18(8)15)10-3-4-11-12(7-10)20-6-5-19-11/h3-4,7H,5-6,16H2,1-2H3. The molecule has 0 aliphatic carbocycles. The molecule has 0 fully saturated rings. The van der Waals surface area contributed by atoms with Crippen molar-refractivity contribution in [3.05, 3.63) is 28.8 Å². The second kappa shape index (κ2) is 4.39. The molecule has 3 heterocycles. The van der Waals surface area contributed by atoms with E-state index in [-0.39, 0.29) is 0 Å². The zero-order valence-corrected chi connectivity index (χ0v) is 12.7. The van der Waals surface area contributed by atoms with Crippen LogP contribution in [-0.4, -0.2) is 22.6 Å². The number of thiazole rings is 1. The molecule has 21 heavy (non-hydrogen) atoms. The number of aryl methyl sites for hydroxylation is 2. The Morgan fingerprint density at radius 2 is 1.95 bits per heavy atom. The number of aromatic nitrogens is 2. The molecule has 2 N–H and O–H groups in total. The largest absolute Gasteiger partial charge is 0.486 e. The van der Waals surface area contributed by atoms with Crippen LogP contribution in [0, 0.1) is 13.8 Å². The van der Waals surface area contributed by atoms with Crippen LogP contribution in [0.3, 0.4) is 0 Å². The Hall–Kier alpha value is -2.21. The van der Waals surface area contributed by atoms with E-state index in [1.165, 1.54) is 4.88 Å². The summed E-state index contributed by atoms with van der Waals surface area (Å²) in [6.45, 7) is 5.30. The summed E-state index contributed by atoms with van der Waals surface area (Å²) in [5.74, 6) is 2.20. The van der Waals surface area contributed by atoms with E-state index in [0.29, 0.717) is 19.0 Å². The van der Waals surface area contributed by atoms with Crippen LogP contribution in [0.1, 0.15) is 10.6 Å². The molecule has 0 saturated heterocycles. The van der Waals surface area contributed by atoms with Crippen LogP contribution >= 0.6 is 11.3 Å². The summed E-state index contributed by atoms with van der Waals surface area (Å²) in [5, 5.41) is 0. The number of anilines is 1. The van der Waals surface area contributed by atoms with Gasteiger partial charge in [-0.2, -0.15) is 0 Å². The molecule has 0 amide bonds. The number of ether oxygens (including phenoxy) is 2. The minimum absolute atomic E-state index is 0.572. The molecule has 1 aliphatic rings. The summed E-state index contributed by atoms with van der Waals surface area (Å²) in [5.41, 5.74) is 9.18. The molecule has 6 heteroatoms. The topological polar surface area (TPSA) is 61.8 Å². The van der Waals surface area contributed by atoms with Gasteiger partial charge in [-0.15, -0.1) is 11.3 Å². The predicted octanol–water partition coefficient (Wildman–Crippen LogP) is 3.03. The first-order valence-electron chi connectivity index (χ1n) is 6.79. The Morgan fingerprint density at radius 3 is 2.71 bits per heavy atom. The number of hydrogen-bond acceptors (Lipinski definition) is 5. The number of hydrogen-bond donors (Lipinski definition) is 1. The summed E-state index contributed by atoms with van der Waals surface area (Å²) in [4.78, 5) is 6.83. The molecule has 0 spiro atoms. The van der Waals surface area contributed by atoms with Gasteiger partial charge in [-0.05, 0) is 32.0 Å². The Labute approximate surface area is 125 Å². The molecule has 1 aliphatic heterocycles. The van der Waals surface area contributed by atoms with E-state index >= 15 is 0 Å². The molecule has 108 valence electrons. The van der Waals surface area contributed by atoms with Crippen LogP contribution in [0.5, 0.6) is 11.5 Å². The van der Waals surface area contributed by atoms with E-state index in [0.717, 1.165) is 33.4 Å². The SMILES string of the molecule is Cc1sc2nc(-c3ccc4c(c3)OCCO4)c(N)n2c1C. The molecule has 0 radical (unpaired) electrons. The van der Waals surface area contributed by atoms with E-state index < -0.39 is 0 Å². The summed E-state index contributed by atoms with van der Waals surface area (Å²) < 4.78 is 13.2. The number of nitrogens with two attached hydrogens (primary N) is 1. The maximum Gasteiger partial charge on any atom is 0.196 e. The fourth-order valence-corrected chi connectivity index (χ4v) is 3.55. The fourth-order valence-electron chi connectivity index (χ4n) is 2.58. The number of fused-ring (bicyclic) bond motifs is 2. The summed E-state index contributed by atoms with van der Waals surface area (Å²) in [6.07, 6.45) is 0. The quantitative estimate of drug-likeness (QED) is 0.750. The highest BCUT2D eigenvalue weighted by atomic mass is 32.1. The van der Waals surface area contributed by atoms with Crippen LogP contribution in [0.2, 0.25) is 0 Å². The highest BCUT2D eigenvalue weighted by Crippen LogP contribution is 2.37. The number of rotatable bonds is 1. The lowest BCUT2D eigenvalue weighted by molar-refractivity contribution is 0.171. The fraction of sp³-hybridized carbons (Fsp3) is 0.267. The van der Waals surface area contributed by atoms with Gasteiger partial charge in [0.15, 0.2) is 16.5 Å². The highest BCUT2D eigenvalue weighted by molar-refractivity contribution is 7.17. The second-order valence-electron chi connectivity index (χ2n) is 5.07. The maximum absolute atomic E-state index is 6.30. The monoisotopic (exact) mass is 301 g/mol. The van der Waals surface area contributed by atoms with Crippen LogP contribution in [0.4, 0.5) is 5.82 Å². The van der Waals surface area contributed by atoms with E-state index in [2.05, 4.69) is 18.8 Å². The third-order valence-electron chi connectivity index (χ3n) is 3.79. The van der Waals surface area contributed by atoms with E-state index in [4.69, 9.17) is 15.2 Å². The van der Waals surface area contributed by atoms with Gasteiger partial charge < -0.3 is 15.2 Å². The molecule has 0 unspecified atom stereocenters. The summed E-state index contributed by atoms with van der Waals surface area (Å²) in [6, 6.07) is 5.83. The number of benzene rings is 1. The Bertz CT molecular complexity index is 850. The first-order chi connectivity index (χ1) is 10.1. The summed E-state index contributed by atoms with van der Waals surface area (Å²) in [7, 11) is 0. The Balaban J connectivity index is 1.88. The zero-order chi connectivity index (χ0) is 14.6. The van der Waals surface area contributed by atoms with Crippen molar-refractivity contribution in [2.45, 2.75) is 13.8 Å². The minimum atomic E-state index is 0.572. The molecular weight excluding hydrogens is 286 g/mol. The average molecular weight is 301 g/mol. The van der Waals surface area contributed by atoms with Crippen LogP contribution in [-0.2, 0) is 0 Å². The third-order valence-corrected chi connectivity index (χ3v) is 4.85. The van der Waals surface area contributed by atoms with Gasteiger partial charge in [-0.3, -0.25) is 4.40 Å². The van der Waals surface area contributed by atoms with Gasteiger partial charge in [0.25, 0.3) is 0 Å². The van der Waals surface area contributed by atoms with Gasteiger partial charge >= 0.3 is 0 Å². The lowest BCUT2D eigenvalue weighted by Crippen LogP contribution is -2.15. The first kappa shape index (κ1) is 12.5. The number of nitrogens with zero attached hydrogens (tertiary/aromatic N) is 2. The predicted molar refractivity (Wildman–Crippen MR) is 83.4 cm³/mol. The molecule has 1 aromatic carbocycles. The van der Waals surface area contributed by atoms with Crippen molar-refractivity contribution >= 4 is 22.1 Å². The van der Waals surface area contributed by atoms with Crippen molar-refractivity contribution in [2.24, 2.45) is 0 Å². The number of nitrogen functional groups attached to an aromatic ring is 1. The van der Waals surface area contributed by atoms with Crippen molar-refractivity contribution in [1.82, 2.24) is 9.38 Å². The maximum atomic E-state index is 6.30. The van der Waals surface area contributed by atoms with Crippen molar-refractivity contribution in [2.75, 3.05) is 18.9 Å². The van der Waals surface area contributed by atoms with Crippen LogP contribution in [0.15, 0.2) is 18.2 Å². The Morgan fingerprint density at radius 1 is 1.19 bits per heavy atom. The van der Waals surface area contributed by atoms with Gasteiger partial charge in [-0.25, -0.2) is 4.98 Å². The lowest BCUT2D eigenvalue weighted by Gasteiger charge is -2.18. The normalized spacial score (nSPS) is 13.8. The van der Waals surface area contributed by atoms with Crippen LogP contribution < -0.4 is 15.2 Å². The van der Waals surface area contributed by atoms with Gasteiger partial charge in [-0.1, -0.05) is 0 Å². The molecule has 0 saturated carbocycles. The van der Waals surface area contributed by atoms with Gasteiger partial charge in [0, 0.05) is 16.1 Å². The lowest BCUT2D eigenvalue weighted by atomic mass is 10.1. The molecule has 2 aromatic heterocycles. The molecule has 3 aromatic rings. The first-order valence-corrected chi connectivity index (χ1v) is 7.61. The van der Waals surface area contributed by atoms with Gasteiger partial charge in [0.05, 0.1) is 0 Å². The molecule has 4 rings (SSSR count). The smallest absolute Gasteiger partial charge is 0.196 e.